The second-order valence-electron chi connectivity index (χ2n) is 3.11. The molecule has 0 spiro atoms. The standard InChI is InChI=1S/C10H9FN2O3/c1-15-9-3-7(11)5(2-8(9)14)6-4-13-16-10(6)12/h2-4,14H,12H2,1H3. The summed E-state index contributed by atoms with van der Waals surface area (Å²) in [4.78, 5) is 0. The molecule has 0 amide bonds. The van der Waals surface area contributed by atoms with Crippen molar-refractivity contribution in [1.29, 1.82) is 0 Å². The monoisotopic (exact) mass is 224 g/mol. The first-order valence-electron chi connectivity index (χ1n) is 4.40. The minimum atomic E-state index is -0.579. The van der Waals surface area contributed by atoms with E-state index in [0.717, 1.165) is 6.07 Å². The van der Waals surface area contributed by atoms with Gasteiger partial charge in [-0.2, -0.15) is 0 Å². The van der Waals surface area contributed by atoms with Crippen molar-refractivity contribution < 1.29 is 18.8 Å². The number of nitrogen functional groups attached to an aromatic ring is 1. The highest BCUT2D eigenvalue weighted by molar-refractivity contribution is 5.74. The SMILES string of the molecule is COc1cc(F)c(-c2cnoc2N)cc1O. The molecule has 2 aromatic rings. The summed E-state index contributed by atoms with van der Waals surface area (Å²) in [6, 6.07) is 2.27. The first-order valence-corrected chi connectivity index (χ1v) is 4.40. The molecule has 3 N–H and O–H groups in total. The molecule has 0 aliphatic heterocycles. The van der Waals surface area contributed by atoms with E-state index in [2.05, 4.69) is 9.68 Å². The molecule has 0 aliphatic rings. The number of halogens is 1. The summed E-state index contributed by atoms with van der Waals surface area (Å²) >= 11 is 0. The van der Waals surface area contributed by atoms with E-state index in [1.165, 1.54) is 19.4 Å². The number of phenolic OH excluding ortho intramolecular Hbond substituents is 1. The van der Waals surface area contributed by atoms with Crippen LogP contribution in [-0.2, 0) is 0 Å². The van der Waals surface area contributed by atoms with Gasteiger partial charge in [-0.1, -0.05) is 5.16 Å². The van der Waals surface area contributed by atoms with Gasteiger partial charge in [0.1, 0.15) is 5.82 Å². The van der Waals surface area contributed by atoms with Crippen molar-refractivity contribution in [3.63, 3.8) is 0 Å². The summed E-state index contributed by atoms with van der Waals surface area (Å²) in [5, 5.41) is 13.0. The van der Waals surface area contributed by atoms with Crippen LogP contribution in [0.15, 0.2) is 22.9 Å². The Morgan fingerprint density at radius 3 is 2.75 bits per heavy atom. The Morgan fingerprint density at radius 1 is 1.44 bits per heavy atom. The molecular formula is C10H9FN2O3. The van der Waals surface area contributed by atoms with Gasteiger partial charge in [0, 0.05) is 11.6 Å². The van der Waals surface area contributed by atoms with Gasteiger partial charge in [0.25, 0.3) is 0 Å². The van der Waals surface area contributed by atoms with Crippen molar-refractivity contribution in [1.82, 2.24) is 5.16 Å². The number of nitrogens with zero attached hydrogens (tertiary/aromatic N) is 1. The van der Waals surface area contributed by atoms with Crippen LogP contribution in [0.1, 0.15) is 0 Å². The van der Waals surface area contributed by atoms with E-state index in [0.29, 0.717) is 0 Å². The smallest absolute Gasteiger partial charge is 0.230 e. The van der Waals surface area contributed by atoms with E-state index in [-0.39, 0.29) is 28.5 Å². The van der Waals surface area contributed by atoms with Crippen LogP contribution >= 0.6 is 0 Å². The molecule has 0 saturated carbocycles. The Hall–Kier alpha value is -2.24. The fourth-order valence-electron chi connectivity index (χ4n) is 1.36. The van der Waals surface area contributed by atoms with E-state index in [4.69, 9.17) is 10.5 Å². The highest BCUT2D eigenvalue weighted by Gasteiger charge is 2.15. The van der Waals surface area contributed by atoms with Gasteiger partial charge in [0.15, 0.2) is 11.5 Å². The van der Waals surface area contributed by atoms with Gasteiger partial charge in [0.2, 0.25) is 5.88 Å². The number of methoxy groups -OCH3 is 1. The number of phenols is 1. The Bertz CT molecular complexity index is 525. The van der Waals surface area contributed by atoms with E-state index in [9.17, 15) is 9.50 Å². The molecule has 84 valence electrons. The van der Waals surface area contributed by atoms with E-state index in [1.807, 2.05) is 0 Å². The minimum absolute atomic E-state index is 0.0107. The number of hydrogen-bond acceptors (Lipinski definition) is 5. The number of ether oxygens (including phenoxy) is 1. The molecule has 16 heavy (non-hydrogen) atoms. The number of aromatic hydroxyl groups is 1. The summed E-state index contributed by atoms with van der Waals surface area (Å²) in [5.41, 5.74) is 5.85. The van der Waals surface area contributed by atoms with Crippen LogP contribution in [-0.4, -0.2) is 17.4 Å². The third-order valence-electron chi connectivity index (χ3n) is 2.16. The van der Waals surface area contributed by atoms with Crippen molar-refractivity contribution in [2.75, 3.05) is 12.8 Å². The number of rotatable bonds is 2. The van der Waals surface area contributed by atoms with Crippen molar-refractivity contribution in [3.05, 3.63) is 24.1 Å². The lowest BCUT2D eigenvalue weighted by molar-refractivity contribution is 0.370. The fourth-order valence-corrected chi connectivity index (χ4v) is 1.36. The molecule has 6 heteroatoms. The molecule has 0 radical (unpaired) electrons. The third-order valence-corrected chi connectivity index (χ3v) is 2.16. The first kappa shape index (κ1) is 10.3. The van der Waals surface area contributed by atoms with Crippen molar-refractivity contribution >= 4 is 5.88 Å². The molecule has 0 fully saturated rings. The highest BCUT2D eigenvalue weighted by Crippen LogP contribution is 2.35. The molecule has 5 nitrogen and oxygen atoms in total. The lowest BCUT2D eigenvalue weighted by Gasteiger charge is -2.06. The summed E-state index contributed by atoms with van der Waals surface area (Å²) in [5.74, 6) is -0.719. The van der Waals surface area contributed by atoms with Crippen LogP contribution in [0.25, 0.3) is 11.1 Å². The topological polar surface area (TPSA) is 81.5 Å². The summed E-state index contributed by atoms with van der Waals surface area (Å²) in [6.07, 6.45) is 1.28. The van der Waals surface area contributed by atoms with Crippen molar-refractivity contribution in [2.45, 2.75) is 0 Å². The van der Waals surface area contributed by atoms with Crippen LogP contribution in [0.3, 0.4) is 0 Å². The lowest BCUT2D eigenvalue weighted by Crippen LogP contribution is -1.91. The number of anilines is 1. The molecule has 0 atom stereocenters. The van der Waals surface area contributed by atoms with E-state index in [1.54, 1.807) is 0 Å². The first-order chi connectivity index (χ1) is 7.63. The lowest BCUT2D eigenvalue weighted by atomic mass is 10.1. The largest absolute Gasteiger partial charge is 0.504 e. The zero-order valence-electron chi connectivity index (χ0n) is 8.40. The number of aromatic nitrogens is 1. The Kier molecular flexibility index (Phi) is 2.40. The van der Waals surface area contributed by atoms with Crippen molar-refractivity contribution in [3.8, 4) is 22.6 Å². The van der Waals surface area contributed by atoms with Gasteiger partial charge in [-0.05, 0) is 6.07 Å². The maximum atomic E-state index is 13.6. The minimum Gasteiger partial charge on any atom is -0.504 e. The van der Waals surface area contributed by atoms with Crippen LogP contribution in [0, 0.1) is 5.82 Å². The third kappa shape index (κ3) is 1.54. The molecule has 1 aromatic carbocycles. The van der Waals surface area contributed by atoms with E-state index < -0.39 is 5.82 Å². The van der Waals surface area contributed by atoms with Crippen LogP contribution in [0.4, 0.5) is 10.3 Å². The van der Waals surface area contributed by atoms with Gasteiger partial charge < -0.3 is 20.1 Å². The van der Waals surface area contributed by atoms with Gasteiger partial charge in [-0.25, -0.2) is 4.39 Å². The molecule has 2 rings (SSSR count). The summed E-state index contributed by atoms with van der Waals surface area (Å²) < 4.78 is 23.0. The Labute approximate surface area is 90.2 Å². The highest BCUT2D eigenvalue weighted by atomic mass is 19.1. The molecule has 0 unspecified atom stereocenters. The quantitative estimate of drug-likeness (QED) is 0.812. The predicted molar refractivity (Wildman–Crippen MR) is 54.5 cm³/mol. The molecular weight excluding hydrogens is 215 g/mol. The maximum Gasteiger partial charge on any atom is 0.230 e. The average Bonchev–Trinajstić information content (AvgIpc) is 2.67. The normalized spacial score (nSPS) is 10.4. The molecule has 0 saturated heterocycles. The predicted octanol–water partition coefficient (Wildman–Crippen LogP) is 1.78. The average molecular weight is 224 g/mol. The summed E-state index contributed by atoms with van der Waals surface area (Å²) in [7, 11) is 1.34. The van der Waals surface area contributed by atoms with Crippen LogP contribution in [0.5, 0.6) is 11.5 Å². The Morgan fingerprint density at radius 2 is 2.19 bits per heavy atom. The van der Waals surface area contributed by atoms with Crippen LogP contribution in [0.2, 0.25) is 0 Å². The molecule has 1 aromatic heterocycles. The molecule has 1 heterocycles. The number of hydrogen-bond donors (Lipinski definition) is 2. The zero-order valence-corrected chi connectivity index (χ0v) is 8.40. The van der Waals surface area contributed by atoms with Gasteiger partial charge in [-0.3, -0.25) is 0 Å². The van der Waals surface area contributed by atoms with Crippen LogP contribution < -0.4 is 10.5 Å². The molecule has 0 bridgehead atoms. The fraction of sp³-hybridized carbons (Fsp3) is 0.100. The van der Waals surface area contributed by atoms with Crippen molar-refractivity contribution in [2.24, 2.45) is 0 Å². The van der Waals surface area contributed by atoms with Gasteiger partial charge in [-0.15, -0.1) is 0 Å². The van der Waals surface area contributed by atoms with Gasteiger partial charge >= 0.3 is 0 Å². The molecule has 0 aliphatic carbocycles. The number of benzene rings is 1. The maximum absolute atomic E-state index is 13.6. The second-order valence-corrected chi connectivity index (χ2v) is 3.11. The zero-order chi connectivity index (χ0) is 11.7. The second kappa shape index (κ2) is 3.73. The summed E-state index contributed by atoms with van der Waals surface area (Å²) in [6.45, 7) is 0. The number of nitrogens with two attached hydrogens (primary N) is 1. The van der Waals surface area contributed by atoms with Gasteiger partial charge in [0.05, 0.1) is 18.9 Å². The van der Waals surface area contributed by atoms with E-state index >= 15 is 0 Å². The Balaban J connectivity index is 2.59.